The van der Waals surface area contributed by atoms with E-state index in [0.29, 0.717) is 11.3 Å². The summed E-state index contributed by atoms with van der Waals surface area (Å²) in [7, 11) is 0. The van der Waals surface area contributed by atoms with Gasteiger partial charge in [0.15, 0.2) is 0 Å². The largest absolute Gasteiger partial charge is 0.0880 e. The van der Waals surface area contributed by atoms with Gasteiger partial charge in [-0.15, -0.1) is 0 Å². The van der Waals surface area contributed by atoms with E-state index in [4.69, 9.17) is 0 Å². The molecule has 11 heavy (non-hydrogen) atoms. The van der Waals surface area contributed by atoms with Crippen molar-refractivity contribution < 1.29 is 0 Å². The smallest absolute Gasteiger partial charge is 0.0203 e. The Morgan fingerprint density at radius 1 is 1.36 bits per heavy atom. The number of hydrogen-bond acceptors (Lipinski definition) is 0. The van der Waals surface area contributed by atoms with Gasteiger partial charge >= 0.3 is 0 Å². The van der Waals surface area contributed by atoms with Crippen LogP contribution < -0.4 is 0 Å². The van der Waals surface area contributed by atoms with E-state index < -0.39 is 0 Å². The van der Waals surface area contributed by atoms with Crippen molar-refractivity contribution in [3.05, 3.63) is 19.1 Å². The summed E-state index contributed by atoms with van der Waals surface area (Å²) in [4.78, 5) is 0. The minimum Gasteiger partial charge on any atom is -0.0880 e. The third-order valence-electron chi connectivity index (χ3n) is 1.44. The fourth-order valence-corrected chi connectivity index (χ4v) is 0.818. The Balaban J connectivity index is 3.46. The van der Waals surface area contributed by atoms with Crippen LogP contribution in [0.15, 0.2) is 12.2 Å². The van der Waals surface area contributed by atoms with Crippen LogP contribution in [0.5, 0.6) is 0 Å². The molecule has 65 valence electrons. The highest BCUT2D eigenvalue weighted by molar-refractivity contribution is 4.92. The molecule has 0 bridgehead atoms. The van der Waals surface area contributed by atoms with Gasteiger partial charge in [-0.3, -0.25) is 0 Å². The van der Waals surface area contributed by atoms with Crippen molar-refractivity contribution in [1.82, 2.24) is 0 Å². The van der Waals surface area contributed by atoms with Gasteiger partial charge in [-0.2, -0.15) is 0 Å². The van der Waals surface area contributed by atoms with E-state index in [0.717, 1.165) is 0 Å². The first-order valence-corrected chi connectivity index (χ1v) is 4.42. The first kappa shape index (κ1) is 10.7. The average molecular weight is 153 g/mol. The van der Waals surface area contributed by atoms with Crippen LogP contribution >= 0.6 is 0 Å². The Morgan fingerprint density at radius 3 is 2.27 bits per heavy atom. The third-order valence-corrected chi connectivity index (χ3v) is 1.44. The molecule has 0 saturated heterocycles. The molecule has 0 N–H and O–H groups in total. The Bertz CT molecular complexity index is 112. The molecule has 0 aromatic heterocycles. The Hall–Kier alpha value is -0.260. The lowest BCUT2D eigenvalue weighted by molar-refractivity contribution is 0.539. The topological polar surface area (TPSA) is 0 Å². The van der Waals surface area contributed by atoms with Crippen molar-refractivity contribution in [2.45, 2.75) is 40.5 Å². The number of allylic oxidation sites excluding steroid dienone is 2. The van der Waals surface area contributed by atoms with Crippen LogP contribution in [0.2, 0.25) is 0 Å². The standard InChI is InChI=1S/C11H21/c1-10(2)8-6-7-9-11(3,4)5/h7,9-10H,1,6,8H2,2-5H3/b9-7+. The molecule has 0 aliphatic carbocycles. The second-order valence-electron chi connectivity index (χ2n) is 4.45. The van der Waals surface area contributed by atoms with Gasteiger partial charge in [0, 0.05) is 0 Å². The van der Waals surface area contributed by atoms with Crippen LogP contribution in [0.25, 0.3) is 0 Å². The molecule has 0 saturated carbocycles. The average Bonchev–Trinajstić information content (AvgIpc) is 1.78. The molecule has 0 fully saturated rings. The molecule has 1 atom stereocenters. The molecule has 0 aliphatic rings. The predicted molar refractivity (Wildman–Crippen MR) is 52.4 cm³/mol. The van der Waals surface area contributed by atoms with E-state index >= 15 is 0 Å². The van der Waals surface area contributed by atoms with Crippen LogP contribution in [0.3, 0.4) is 0 Å². The second-order valence-corrected chi connectivity index (χ2v) is 4.45. The molecule has 0 amide bonds. The maximum atomic E-state index is 3.94. The zero-order chi connectivity index (χ0) is 8.91. The van der Waals surface area contributed by atoms with Crippen molar-refractivity contribution in [3.63, 3.8) is 0 Å². The second kappa shape index (κ2) is 4.58. The lowest BCUT2D eigenvalue weighted by Crippen LogP contribution is -1.98. The van der Waals surface area contributed by atoms with Crippen LogP contribution in [0.1, 0.15) is 40.5 Å². The molecule has 0 aromatic carbocycles. The van der Waals surface area contributed by atoms with Crippen LogP contribution in [-0.4, -0.2) is 0 Å². The molecule has 0 rings (SSSR count). The highest BCUT2D eigenvalue weighted by Gasteiger charge is 2.02. The molecule has 0 aromatic rings. The van der Waals surface area contributed by atoms with Crippen LogP contribution in [0.4, 0.5) is 0 Å². The summed E-state index contributed by atoms with van der Waals surface area (Å²) in [6.07, 6.45) is 6.91. The van der Waals surface area contributed by atoms with Crippen molar-refractivity contribution >= 4 is 0 Å². The molecule has 0 aliphatic heterocycles. The highest BCUT2D eigenvalue weighted by Crippen LogP contribution is 2.15. The van der Waals surface area contributed by atoms with E-state index in [2.05, 4.69) is 46.8 Å². The maximum Gasteiger partial charge on any atom is -0.0203 e. The van der Waals surface area contributed by atoms with Gasteiger partial charge in [-0.1, -0.05) is 46.8 Å². The van der Waals surface area contributed by atoms with Crippen LogP contribution in [0, 0.1) is 18.3 Å². The third kappa shape index (κ3) is 9.74. The molecule has 1 radical (unpaired) electrons. The molecule has 1 unspecified atom stereocenters. The molecule has 0 nitrogen and oxygen atoms in total. The van der Waals surface area contributed by atoms with E-state index in [-0.39, 0.29) is 0 Å². The van der Waals surface area contributed by atoms with E-state index in [1.807, 2.05) is 0 Å². The summed E-state index contributed by atoms with van der Waals surface area (Å²) >= 11 is 0. The number of hydrogen-bond donors (Lipinski definition) is 0. The lowest BCUT2D eigenvalue weighted by atomic mass is 9.95. The molecule has 0 spiro atoms. The Morgan fingerprint density at radius 2 is 1.91 bits per heavy atom. The van der Waals surface area contributed by atoms with Crippen LogP contribution in [-0.2, 0) is 0 Å². The van der Waals surface area contributed by atoms with Gasteiger partial charge in [-0.05, 0) is 24.2 Å². The summed E-state index contributed by atoms with van der Waals surface area (Å²) < 4.78 is 0. The van der Waals surface area contributed by atoms with Crippen molar-refractivity contribution in [1.29, 1.82) is 0 Å². The van der Waals surface area contributed by atoms with Crippen molar-refractivity contribution in [2.75, 3.05) is 0 Å². The zero-order valence-electron chi connectivity index (χ0n) is 8.35. The normalized spacial score (nSPS) is 13.3. The van der Waals surface area contributed by atoms with Gasteiger partial charge < -0.3 is 0 Å². The zero-order valence-corrected chi connectivity index (χ0v) is 8.35. The van der Waals surface area contributed by atoms with Crippen molar-refractivity contribution in [3.8, 4) is 0 Å². The Labute approximate surface area is 71.7 Å². The van der Waals surface area contributed by atoms with Gasteiger partial charge in [0.25, 0.3) is 0 Å². The van der Waals surface area contributed by atoms with Gasteiger partial charge in [0.05, 0.1) is 0 Å². The van der Waals surface area contributed by atoms with E-state index in [1.54, 1.807) is 0 Å². The summed E-state index contributed by atoms with van der Waals surface area (Å²) in [6.45, 7) is 12.8. The van der Waals surface area contributed by atoms with Gasteiger partial charge in [0.1, 0.15) is 0 Å². The molecular formula is C11H21. The minimum atomic E-state index is 0.338. The predicted octanol–water partition coefficient (Wildman–Crippen LogP) is 3.84. The molecular weight excluding hydrogens is 132 g/mol. The minimum absolute atomic E-state index is 0.338. The highest BCUT2D eigenvalue weighted by atomic mass is 14.1. The fourth-order valence-electron chi connectivity index (χ4n) is 0.818. The monoisotopic (exact) mass is 153 g/mol. The summed E-state index contributed by atoms with van der Waals surface area (Å²) in [5.74, 6) is 0.583. The molecule has 0 heterocycles. The maximum absolute atomic E-state index is 3.94. The quantitative estimate of drug-likeness (QED) is 0.540. The Kier molecular flexibility index (Phi) is 4.48. The van der Waals surface area contributed by atoms with Gasteiger partial charge in [-0.25, -0.2) is 0 Å². The van der Waals surface area contributed by atoms with Crippen molar-refractivity contribution in [2.24, 2.45) is 11.3 Å². The summed E-state index contributed by atoms with van der Waals surface area (Å²) in [6, 6.07) is 0. The first-order chi connectivity index (χ1) is 4.92. The summed E-state index contributed by atoms with van der Waals surface area (Å²) in [5.41, 5.74) is 0.338. The fraction of sp³-hybridized carbons (Fsp3) is 0.727. The lowest BCUT2D eigenvalue weighted by Gasteiger charge is -2.11. The molecule has 0 heteroatoms. The first-order valence-electron chi connectivity index (χ1n) is 4.42. The van der Waals surface area contributed by atoms with E-state index in [1.165, 1.54) is 12.8 Å². The number of rotatable bonds is 3. The van der Waals surface area contributed by atoms with Gasteiger partial charge in [0.2, 0.25) is 0 Å². The SMILES string of the molecule is [CH2]C(C)CC/C=C/C(C)(C)C. The summed E-state index contributed by atoms with van der Waals surface area (Å²) in [5, 5.41) is 0. The van der Waals surface area contributed by atoms with E-state index in [9.17, 15) is 0 Å².